The van der Waals surface area contributed by atoms with Gasteiger partial charge in [0.25, 0.3) is 5.91 Å². The molecule has 4 rings (SSSR count). The van der Waals surface area contributed by atoms with E-state index in [0.717, 1.165) is 23.1 Å². The molecule has 0 radical (unpaired) electrons. The fourth-order valence-electron chi connectivity index (χ4n) is 4.85. The minimum atomic E-state index is -4.43. The molecule has 8 nitrogen and oxygen atoms in total. The summed E-state index contributed by atoms with van der Waals surface area (Å²) in [4.78, 5) is 27.4. The predicted molar refractivity (Wildman–Crippen MR) is 152 cm³/mol. The van der Waals surface area contributed by atoms with Crippen molar-refractivity contribution in [2.45, 2.75) is 52.8 Å². The molecule has 2 heterocycles. The number of ether oxygens (including phenoxy) is 1. The van der Waals surface area contributed by atoms with E-state index < -0.39 is 23.6 Å². The highest BCUT2D eigenvalue weighted by atomic mass is 19.4. The third kappa shape index (κ3) is 6.89. The molecule has 42 heavy (non-hydrogen) atoms. The zero-order chi connectivity index (χ0) is 30.6. The van der Waals surface area contributed by atoms with E-state index in [-0.39, 0.29) is 30.6 Å². The summed E-state index contributed by atoms with van der Waals surface area (Å²) < 4.78 is 47.7. The van der Waals surface area contributed by atoms with Gasteiger partial charge < -0.3 is 15.2 Å². The van der Waals surface area contributed by atoms with Gasteiger partial charge in [0, 0.05) is 24.5 Å². The molecule has 0 saturated heterocycles. The molecule has 11 heteroatoms. The molecule has 1 atom stereocenters. The van der Waals surface area contributed by atoms with Gasteiger partial charge in [-0.3, -0.25) is 19.3 Å². The van der Waals surface area contributed by atoms with Gasteiger partial charge in [0.15, 0.2) is 0 Å². The fraction of sp³-hybridized carbons (Fsp3) is 0.355. The SMILES string of the molecule is CCOc1c(-c2ccc(C(F)(F)F)cc2C)ccc2nn(C(CC(C)C)c3ccc(C(=O)NCCC(=O)O)nc3)cc12. The molecule has 1 unspecified atom stereocenters. The maximum absolute atomic E-state index is 13.3. The van der Waals surface area contributed by atoms with E-state index in [2.05, 4.69) is 24.1 Å². The summed E-state index contributed by atoms with van der Waals surface area (Å²) in [5.41, 5.74) is 2.76. The summed E-state index contributed by atoms with van der Waals surface area (Å²) in [6.45, 7) is 8.03. The number of hydrogen-bond donors (Lipinski definition) is 2. The Morgan fingerprint density at radius 2 is 1.83 bits per heavy atom. The molecular weight excluding hydrogens is 549 g/mol. The van der Waals surface area contributed by atoms with Crippen molar-refractivity contribution in [2.75, 3.05) is 13.2 Å². The van der Waals surface area contributed by atoms with Crippen molar-refractivity contribution >= 4 is 22.8 Å². The van der Waals surface area contributed by atoms with Crippen molar-refractivity contribution in [3.63, 3.8) is 0 Å². The molecule has 0 fully saturated rings. The molecule has 0 aliphatic rings. The van der Waals surface area contributed by atoms with Crippen LogP contribution in [0.2, 0.25) is 0 Å². The largest absolute Gasteiger partial charge is 0.492 e. The van der Waals surface area contributed by atoms with Gasteiger partial charge in [-0.1, -0.05) is 26.0 Å². The molecule has 222 valence electrons. The Kier molecular flexibility index (Phi) is 9.18. The molecule has 2 aromatic heterocycles. The number of aryl methyl sites for hydroxylation is 1. The number of benzene rings is 2. The first-order valence-corrected chi connectivity index (χ1v) is 13.7. The number of nitrogens with zero attached hydrogens (tertiary/aromatic N) is 3. The Bertz CT molecular complexity index is 1580. The van der Waals surface area contributed by atoms with E-state index in [1.54, 1.807) is 25.3 Å². The standard InChI is InChI=1S/C31H33F3N4O4/c1-5-42-29-23(22-8-7-21(15-19(22)4)31(32,33)34)9-11-25-24(29)17-38(37-25)27(14-18(2)3)20-6-10-26(36-16-20)30(41)35-13-12-28(39)40/h6-11,15-18,27H,5,12-14H2,1-4H3,(H,35,41)(H,39,40). The summed E-state index contributed by atoms with van der Waals surface area (Å²) in [6.07, 6.45) is -0.403. The lowest BCUT2D eigenvalue weighted by atomic mass is 9.96. The minimum absolute atomic E-state index is 0.00357. The van der Waals surface area contributed by atoms with Crippen LogP contribution in [-0.4, -0.2) is 44.9 Å². The average molecular weight is 583 g/mol. The molecule has 4 aromatic rings. The van der Waals surface area contributed by atoms with Crippen molar-refractivity contribution in [1.82, 2.24) is 20.1 Å². The number of hydrogen-bond acceptors (Lipinski definition) is 5. The van der Waals surface area contributed by atoms with Crippen LogP contribution in [-0.2, 0) is 11.0 Å². The highest BCUT2D eigenvalue weighted by Gasteiger charge is 2.31. The van der Waals surface area contributed by atoms with Crippen molar-refractivity contribution in [2.24, 2.45) is 5.92 Å². The Morgan fingerprint density at radius 1 is 1.10 bits per heavy atom. The maximum atomic E-state index is 13.3. The summed E-state index contributed by atoms with van der Waals surface area (Å²) in [6, 6.07) is 10.5. The van der Waals surface area contributed by atoms with Crippen LogP contribution in [0, 0.1) is 12.8 Å². The number of amides is 1. The van der Waals surface area contributed by atoms with Crippen molar-refractivity contribution in [3.8, 4) is 16.9 Å². The number of fused-ring (bicyclic) bond motifs is 1. The summed E-state index contributed by atoms with van der Waals surface area (Å²) in [7, 11) is 0. The van der Waals surface area contributed by atoms with Gasteiger partial charge in [0.2, 0.25) is 0 Å². The van der Waals surface area contributed by atoms with Crippen LogP contribution in [0.5, 0.6) is 5.75 Å². The van der Waals surface area contributed by atoms with Crippen LogP contribution in [0.1, 0.15) is 66.8 Å². The van der Waals surface area contributed by atoms with Crippen LogP contribution in [0.3, 0.4) is 0 Å². The van der Waals surface area contributed by atoms with E-state index in [4.69, 9.17) is 14.9 Å². The smallest absolute Gasteiger partial charge is 0.416 e. The van der Waals surface area contributed by atoms with Crippen molar-refractivity contribution < 1.29 is 32.6 Å². The molecule has 0 aliphatic carbocycles. The highest BCUT2D eigenvalue weighted by Crippen LogP contribution is 2.41. The second-order valence-electron chi connectivity index (χ2n) is 10.5. The molecule has 2 aromatic carbocycles. The maximum Gasteiger partial charge on any atom is 0.416 e. The van der Waals surface area contributed by atoms with Crippen LogP contribution < -0.4 is 10.1 Å². The van der Waals surface area contributed by atoms with Gasteiger partial charge in [-0.15, -0.1) is 0 Å². The third-order valence-corrected chi connectivity index (χ3v) is 6.83. The molecule has 0 aliphatic heterocycles. The number of rotatable bonds is 11. The zero-order valence-corrected chi connectivity index (χ0v) is 23.8. The zero-order valence-electron chi connectivity index (χ0n) is 23.8. The first-order chi connectivity index (χ1) is 19.9. The predicted octanol–water partition coefficient (Wildman–Crippen LogP) is 6.66. The molecule has 0 bridgehead atoms. The summed E-state index contributed by atoms with van der Waals surface area (Å²) >= 11 is 0. The lowest BCUT2D eigenvalue weighted by molar-refractivity contribution is -0.138. The number of carboxylic acid groups (broad SMARTS) is 1. The van der Waals surface area contributed by atoms with E-state index in [0.29, 0.717) is 41.0 Å². The first-order valence-electron chi connectivity index (χ1n) is 13.7. The van der Waals surface area contributed by atoms with Gasteiger partial charge in [0.1, 0.15) is 11.4 Å². The number of aliphatic carboxylic acids is 1. The van der Waals surface area contributed by atoms with Gasteiger partial charge in [-0.25, -0.2) is 0 Å². The van der Waals surface area contributed by atoms with Crippen LogP contribution in [0.15, 0.2) is 54.9 Å². The molecular formula is C31H33F3N4O4. The molecule has 1 amide bonds. The molecule has 0 saturated carbocycles. The third-order valence-electron chi connectivity index (χ3n) is 6.83. The second kappa shape index (κ2) is 12.6. The average Bonchev–Trinajstić information content (AvgIpc) is 3.36. The fourth-order valence-corrected chi connectivity index (χ4v) is 4.85. The van der Waals surface area contributed by atoms with E-state index in [9.17, 15) is 22.8 Å². The minimum Gasteiger partial charge on any atom is -0.492 e. The van der Waals surface area contributed by atoms with Gasteiger partial charge >= 0.3 is 12.1 Å². The summed E-state index contributed by atoms with van der Waals surface area (Å²) in [5.74, 6) is -0.631. The van der Waals surface area contributed by atoms with Crippen molar-refractivity contribution in [3.05, 3.63) is 77.2 Å². The van der Waals surface area contributed by atoms with Crippen LogP contribution >= 0.6 is 0 Å². The lowest BCUT2D eigenvalue weighted by Gasteiger charge is -2.20. The molecule has 0 spiro atoms. The van der Waals surface area contributed by atoms with Gasteiger partial charge in [-0.05, 0) is 73.2 Å². The Hall–Kier alpha value is -4.41. The Labute approximate surface area is 241 Å². The topological polar surface area (TPSA) is 106 Å². The number of halogens is 3. The van der Waals surface area contributed by atoms with Crippen LogP contribution in [0.4, 0.5) is 13.2 Å². The monoisotopic (exact) mass is 582 g/mol. The van der Waals surface area contributed by atoms with Crippen molar-refractivity contribution in [1.29, 1.82) is 0 Å². The number of aromatic nitrogens is 3. The lowest BCUT2D eigenvalue weighted by Crippen LogP contribution is -2.27. The highest BCUT2D eigenvalue weighted by molar-refractivity contribution is 5.94. The van der Waals surface area contributed by atoms with E-state index in [1.165, 1.54) is 6.07 Å². The number of nitrogens with one attached hydrogen (secondary N) is 1. The number of carbonyl (C=O) groups excluding carboxylic acids is 1. The molecule has 2 N–H and O–H groups in total. The van der Waals surface area contributed by atoms with Gasteiger partial charge in [0.05, 0.1) is 35.5 Å². The quantitative estimate of drug-likeness (QED) is 0.205. The first kappa shape index (κ1) is 30.5. The number of pyridine rings is 1. The summed E-state index contributed by atoms with van der Waals surface area (Å²) in [5, 5.41) is 16.9. The number of carboxylic acids is 1. The van der Waals surface area contributed by atoms with E-state index in [1.807, 2.05) is 29.9 Å². The number of carbonyl (C=O) groups is 2. The van der Waals surface area contributed by atoms with E-state index >= 15 is 0 Å². The normalized spacial score (nSPS) is 12.5. The van der Waals surface area contributed by atoms with Gasteiger partial charge in [-0.2, -0.15) is 18.3 Å². The Balaban J connectivity index is 1.72. The second-order valence-corrected chi connectivity index (χ2v) is 10.5. The number of alkyl halides is 3. The Morgan fingerprint density at radius 3 is 2.43 bits per heavy atom. The van der Waals surface area contributed by atoms with Crippen LogP contribution in [0.25, 0.3) is 22.0 Å².